The summed E-state index contributed by atoms with van der Waals surface area (Å²) in [6.45, 7) is 6.43. The van der Waals surface area contributed by atoms with Gasteiger partial charge in [-0.3, -0.25) is 4.57 Å². The Balaban J connectivity index is 2.01. The van der Waals surface area contributed by atoms with Gasteiger partial charge in [0.15, 0.2) is 0 Å². The number of piperidine rings is 1. The molecule has 2 aromatic rings. The van der Waals surface area contributed by atoms with Gasteiger partial charge in [-0.15, -0.1) is 10.2 Å². The standard InChI is InChI=1S/C15H20N4/c1-11-5-3-7-14(12(11)2)19-10-17-18-15(19)13-6-4-8-16-9-13/h3,5,7,10,13,16H,4,6,8-9H2,1-2H3. The lowest BCUT2D eigenvalue weighted by atomic mass is 9.98. The normalized spacial score (nSPS) is 19.6. The van der Waals surface area contributed by atoms with Crippen molar-refractivity contribution in [3.8, 4) is 5.69 Å². The molecule has 1 fully saturated rings. The first-order valence-electron chi connectivity index (χ1n) is 6.94. The monoisotopic (exact) mass is 256 g/mol. The second kappa shape index (κ2) is 5.13. The van der Waals surface area contributed by atoms with Gasteiger partial charge in [0.05, 0.1) is 5.69 Å². The molecule has 1 aliphatic heterocycles. The molecule has 100 valence electrons. The van der Waals surface area contributed by atoms with E-state index in [1.165, 1.54) is 29.7 Å². The largest absolute Gasteiger partial charge is 0.316 e. The van der Waals surface area contributed by atoms with Crippen LogP contribution in [0.2, 0.25) is 0 Å². The summed E-state index contributed by atoms with van der Waals surface area (Å²) in [5, 5.41) is 11.9. The maximum atomic E-state index is 4.36. The number of hydrogen-bond acceptors (Lipinski definition) is 3. The molecule has 1 saturated heterocycles. The van der Waals surface area contributed by atoms with Crippen LogP contribution in [0.25, 0.3) is 5.69 Å². The number of aryl methyl sites for hydroxylation is 1. The highest BCUT2D eigenvalue weighted by molar-refractivity contribution is 5.45. The number of hydrogen-bond donors (Lipinski definition) is 1. The highest BCUT2D eigenvalue weighted by Gasteiger charge is 2.21. The summed E-state index contributed by atoms with van der Waals surface area (Å²) in [5.74, 6) is 1.55. The van der Waals surface area contributed by atoms with Gasteiger partial charge in [0, 0.05) is 12.5 Å². The molecule has 1 aromatic heterocycles. The Hall–Kier alpha value is -1.68. The molecule has 0 saturated carbocycles. The molecule has 2 heterocycles. The predicted octanol–water partition coefficient (Wildman–Crippen LogP) is 2.35. The minimum atomic E-state index is 0.469. The van der Waals surface area contributed by atoms with E-state index in [1.54, 1.807) is 0 Å². The lowest BCUT2D eigenvalue weighted by Gasteiger charge is -2.23. The third-order valence-corrected chi connectivity index (χ3v) is 4.07. The molecule has 0 bridgehead atoms. The maximum Gasteiger partial charge on any atom is 0.141 e. The second-order valence-electron chi connectivity index (χ2n) is 5.32. The van der Waals surface area contributed by atoms with Crippen LogP contribution in [0.5, 0.6) is 0 Å². The molecule has 4 nitrogen and oxygen atoms in total. The van der Waals surface area contributed by atoms with Crippen LogP contribution in [-0.4, -0.2) is 27.9 Å². The van der Waals surface area contributed by atoms with Crippen LogP contribution in [0, 0.1) is 13.8 Å². The van der Waals surface area contributed by atoms with Crippen molar-refractivity contribution in [1.29, 1.82) is 0 Å². The van der Waals surface area contributed by atoms with E-state index < -0.39 is 0 Å². The van der Waals surface area contributed by atoms with Gasteiger partial charge in [-0.2, -0.15) is 0 Å². The van der Waals surface area contributed by atoms with Gasteiger partial charge in [0.25, 0.3) is 0 Å². The zero-order valence-corrected chi connectivity index (χ0v) is 11.6. The molecule has 4 heteroatoms. The van der Waals surface area contributed by atoms with Gasteiger partial charge in [-0.05, 0) is 50.4 Å². The van der Waals surface area contributed by atoms with Crippen molar-refractivity contribution in [3.63, 3.8) is 0 Å². The Morgan fingerprint density at radius 1 is 1.32 bits per heavy atom. The number of nitrogens with zero attached hydrogens (tertiary/aromatic N) is 3. The third kappa shape index (κ3) is 2.28. The summed E-state index contributed by atoms with van der Waals surface area (Å²) in [5.41, 5.74) is 3.80. The fraction of sp³-hybridized carbons (Fsp3) is 0.467. The summed E-state index contributed by atoms with van der Waals surface area (Å²) in [6, 6.07) is 6.39. The minimum Gasteiger partial charge on any atom is -0.316 e. The van der Waals surface area contributed by atoms with Crippen molar-refractivity contribution in [1.82, 2.24) is 20.1 Å². The van der Waals surface area contributed by atoms with Crippen molar-refractivity contribution >= 4 is 0 Å². The molecule has 19 heavy (non-hydrogen) atoms. The van der Waals surface area contributed by atoms with Gasteiger partial charge >= 0.3 is 0 Å². The van der Waals surface area contributed by atoms with Crippen LogP contribution in [0.4, 0.5) is 0 Å². The van der Waals surface area contributed by atoms with Crippen LogP contribution in [0.3, 0.4) is 0 Å². The molecular weight excluding hydrogens is 236 g/mol. The summed E-state index contributed by atoms with van der Waals surface area (Å²) in [7, 11) is 0. The van der Waals surface area contributed by atoms with E-state index in [9.17, 15) is 0 Å². The van der Waals surface area contributed by atoms with E-state index in [0.29, 0.717) is 5.92 Å². The number of rotatable bonds is 2. The average molecular weight is 256 g/mol. The van der Waals surface area contributed by atoms with E-state index in [1.807, 2.05) is 6.33 Å². The smallest absolute Gasteiger partial charge is 0.141 e. The first kappa shape index (κ1) is 12.4. The Morgan fingerprint density at radius 2 is 2.21 bits per heavy atom. The molecule has 1 atom stereocenters. The van der Waals surface area contributed by atoms with Crippen molar-refractivity contribution in [2.24, 2.45) is 0 Å². The highest BCUT2D eigenvalue weighted by Crippen LogP contribution is 2.25. The Bertz CT molecular complexity index is 567. The van der Waals surface area contributed by atoms with Gasteiger partial charge in [-0.25, -0.2) is 0 Å². The molecule has 1 aliphatic rings. The summed E-state index contributed by atoms with van der Waals surface area (Å²) >= 11 is 0. The molecule has 0 amide bonds. The van der Waals surface area contributed by atoms with Gasteiger partial charge in [-0.1, -0.05) is 12.1 Å². The molecule has 3 rings (SSSR count). The van der Waals surface area contributed by atoms with Crippen molar-refractivity contribution in [2.45, 2.75) is 32.6 Å². The fourth-order valence-electron chi connectivity index (χ4n) is 2.78. The van der Waals surface area contributed by atoms with Crippen molar-refractivity contribution < 1.29 is 0 Å². The van der Waals surface area contributed by atoms with Crippen LogP contribution in [0.1, 0.15) is 35.7 Å². The predicted molar refractivity (Wildman–Crippen MR) is 75.7 cm³/mol. The third-order valence-electron chi connectivity index (χ3n) is 4.07. The zero-order chi connectivity index (χ0) is 13.2. The van der Waals surface area contributed by atoms with Crippen molar-refractivity contribution in [2.75, 3.05) is 13.1 Å². The number of benzene rings is 1. The van der Waals surface area contributed by atoms with Gasteiger partial charge in [0.1, 0.15) is 12.2 Å². The van der Waals surface area contributed by atoms with E-state index in [4.69, 9.17) is 0 Å². The second-order valence-corrected chi connectivity index (χ2v) is 5.32. The van der Waals surface area contributed by atoms with E-state index in [0.717, 1.165) is 18.9 Å². The molecule has 1 N–H and O–H groups in total. The fourth-order valence-corrected chi connectivity index (χ4v) is 2.78. The maximum absolute atomic E-state index is 4.36. The average Bonchev–Trinajstić information content (AvgIpc) is 2.92. The van der Waals surface area contributed by atoms with Crippen LogP contribution in [0.15, 0.2) is 24.5 Å². The minimum absolute atomic E-state index is 0.469. The number of nitrogens with one attached hydrogen (secondary N) is 1. The lowest BCUT2D eigenvalue weighted by Crippen LogP contribution is -2.30. The quantitative estimate of drug-likeness (QED) is 0.897. The Labute approximate surface area is 113 Å². The first-order valence-corrected chi connectivity index (χ1v) is 6.94. The molecule has 0 aliphatic carbocycles. The molecule has 0 radical (unpaired) electrons. The Kier molecular flexibility index (Phi) is 3.34. The topological polar surface area (TPSA) is 42.7 Å². The summed E-state index contributed by atoms with van der Waals surface area (Å²) in [4.78, 5) is 0. The SMILES string of the molecule is Cc1cccc(-n2cnnc2C2CCCNC2)c1C. The van der Waals surface area contributed by atoms with Crippen LogP contribution < -0.4 is 5.32 Å². The summed E-state index contributed by atoms with van der Waals surface area (Å²) in [6.07, 6.45) is 4.24. The molecular formula is C15H20N4. The van der Waals surface area contributed by atoms with Crippen molar-refractivity contribution in [3.05, 3.63) is 41.5 Å². The van der Waals surface area contributed by atoms with Crippen LogP contribution in [-0.2, 0) is 0 Å². The first-order chi connectivity index (χ1) is 9.27. The van der Waals surface area contributed by atoms with Crippen LogP contribution >= 0.6 is 0 Å². The van der Waals surface area contributed by atoms with E-state index in [-0.39, 0.29) is 0 Å². The Morgan fingerprint density at radius 3 is 3.00 bits per heavy atom. The summed E-state index contributed by atoms with van der Waals surface area (Å²) < 4.78 is 2.15. The lowest BCUT2D eigenvalue weighted by molar-refractivity contribution is 0.442. The van der Waals surface area contributed by atoms with Gasteiger partial charge in [0.2, 0.25) is 0 Å². The number of aromatic nitrogens is 3. The van der Waals surface area contributed by atoms with E-state index >= 15 is 0 Å². The molecule has 1 unspecified atom stereocenters. The molecule has 1 aromatic carbocycles. The highest BCUT2D eigenvalue weighted by atomic mass is 15.3. The molecule has 0 spiro atoms. The van der Waals surface area contributed by atoms with E-state index in [2.05, 4.69) is 52.1 Å². The van der Waals surface area contributed by atoms with Gasteiger partial charge < -0.3 is 5.32 Å². The zero-order valence-electron chi connectivity index (χ0n) is 11.6.